The molecule has 23 heavy (non-hydrogen) atoms. The molecule has 0 saturated carbocycles. The average molecular weight is 351 g/mol. The third-order valence-corrected chi connectivity index (χ3v) is 5.14. The second-order valence-electron chi connectivity index (χ2n) is 4.70. The first-order chi connectivity index (χ1) is 11.3. The van der Waals surface area contributed by atoms with Gasteiger partial charge in [-0.1, -0.05) is 23.9 Å². The Balaban J connectivity index is 1.62. The lowest BCUT2D eigenvalue weighted by Crippen LogP contribution is -2.37. The summed E-state index contributed by atoms with van der Waals surface area (Å²) < 4.78 is 6.29. The Morgan fingerprint density at radius 1 is 1.30 bits per heavy atom. The molecule has 1 aromatic carbocycles. The summed E-state index contributed by atoms with van der Waals surface area (Å²) in [6.45, 7) is 1.62. The van der Waals surface area contributed by atoms with Crippen LogP contribution in [0, 0.1) is 0 Å². The van der Waals surface area contributed by atoms with Crippen LogP contribution >= 0.6 is 23.1 Å². The van der Waals surface area contributed by atoms with Gasteiger partial charge in [0.25, 0.3) is 0 Å². The molecule has 0 bridgehead atoms. The van der Waals surface area contributed by atoms with Gasteiger partial charge in [0, 0.05) is 37.5 Å². The lowest BCUT2D eigenvalue weighted by molar-refractivity contribution is 0.414. The molecule has 0 spiro atoms. The van der Waals surface area contributed by atoms with Crippen molar-refractivity contribution in [2.45, 2.75) is 17.3 Å². The van der Waals surface area contributed by atoms with Crippen molar-refractivity contribution in [3.63, 3.8) is 0 Å². The van der Waals surface area contributed by atoms with Crippen molar-refractivity contribution < 1.29 is 4.74 Å². The molecule has 2 aromatic rings. The fraction of sp³-hybridized carbons (Fsp3) is 0.375. The monoisotopic (exact) mass is 350 g/mol. The Hall–Kier alpha value is -1.73. The van der Waals surface area contributed by atoms with E-state index >= 15 is 0 Å². The molecule has 0 unspecified atom stereocenters. The molecule has 5 nitrogen and oxygen atoms in total. The number of ether oxygens (including phenoxy) is 1. The molecule has 124 valence electrons. The topological polar surface area (TPSA) is 58.5 Å². The summed E-state index contributed by atoms with van der Waals surface area (Å²) in [5, 5.41) is 8.64. The van der Waals surface area contributed by atoms with Gasteiger partial charge in [-0.05, 0) is 24.1 Å². The van der Waals surface area contributed by atoms with Crippen LogP contribution < -0.4 is 15.4 Å². The van der Waals surface area contributed by atoms with Gasteiger partial charge in [0.05, 0.1) is 7.11 Å². The first-order valence-corrected chi connectivity index (χ1v) is 9.28. The Bertz CT molecular complexity index is 585. The molecule has 0 amide bonds. The molecule has 7 heteroatoms. The first-order valence-electron chi connectivity index (χ1n) is 7.41. The minimum Gasteiger partial charge on any atom is -0.497 e. The average Bonchev–Trinajstić information content (AvgIpc) is 3.11. The van der Waals surface area contributed by atoms with Crippen LogP contribution in [-0.4, -0.2) is 37.4 Å². The number of thioether (sulfide) groups is 1. The minimum atomic E-state index is 0.734. The Morgan fingerprint density at radius 2 is 2.13 bits per heavy atom. The third kappa shape index (κ3) is 6.50. The molecule has 2 rings (SSSR count). The fourth-order valence-corrected chi connectivity index (χ4v) is 3.52. The summed E-state index contributed by atoms with van der Waals surface area (Å²) in [5.74, 6) is 2.74. The minimum absolute atomic E-state index is 0.734. The SMILES string of the molecule is CN=C(NCCCSc1nccs1)NCc1ccc(OC)cc1. The maximum Gasteiger partial charge on any atom is 0.191 e. The van der Waals surface area contributed by atoms with Crippen molar-refractivity contribution in [3.05, 3.63) is 41.4 Å². The quantitative estimate of drug-likeness (QED) is 0.332. The van der Waals surface area contributed by atoms with E-state index in [4.69, 9.17) is 4.74 Å². The van der Waals surface area contributed by atoms with E-state index in [2.05, 4.69) is 20.6 Å². The van der Waals surface area contributed by atoms with E-state index in [1.165, 1.54) is 5.56 Å². The highest BCUT2D eigenvalue weighted by molar-refractivity contribution is 8.00. The number of aliphatic imine (C=N–C) groups is 1. The van der Waals surface area contributed by atoms with Crippen LogP contribution in [-0.2, 0) is 6.54 Å². The van der Waals surface area contributed by atoms with Gasteiger partial charge < -0.3 is 15.4 Å². The zero-order chi connectivity index (χ0) is 16.3. The number of aromatic nitrogens is 1. The summed E-state index contributed by atoms with van der Waals surface area (Å²) >= 11 is 3.48. The number of benzene rings is 1. The van der Waals surface area contributed by atoms with E-state index in [0.717, 1.165) is 41.3 Å². The summed E-state index contributed by atoms with van der Waals surface area (Å²) in [6.07, 6.45) is 2.91. The molecule has 1 heterocycles. The van der Waals surface area contributed by atoms with Gasteiger partial charge in [-0.2, -0.15) is 0 Å². The summed E-state index contributed by atoms with van der Waals surface area (Å²) in [6, 6.07) is 8.01. The van der Waals surface area contributed by atoms with Crippen LogP contribution in [0.15, 0.2) is 45.2 Å². The summed E-state index contributed by atoms with van der Waals surface area (Å²) in [7, 11) is 3.46. The number of rotatable bonds is 8. The van der Waals surface area contributed by atoms with Gasteiger partial charge in [-0.15, -0.1) is 11.3 Å². The molecule has 2 N–H and O–H groups in total. The molecule has 0 fully saturated rings. The maximum atomic E-state index is 5.16. The second-order valence-corrected chi connectivity index (χ2v) is 6.94. The highest BCUT2D eigenvalue weighted by Crippen LogP contribution is 2.20. The summed E-state index contributed by atoms with van der Waals surface area (Å²) in [4.78, 5) is 8.49. The fourth-order valence-electron chi connectivity index (χ4n) is 1.87. The highest BCUT2D eigenvalue weighted by Gasteiger charge is 2.00. The molecule has 0 radical (unpaired) electrons. The van der Waals surface area contributed by atoms with E-state index < -0.39 is 0 Å². The zero-order valence-electron chi connectivity index (χ0n) is 13.4. The maximum absolute atomic E-state index is 5.16. The van der Waals surface area contributed by atoms with E-state index in [0.29, 0.717) is 0 Å². The highest BCUT2D eigenvalue weighted by atomic mass is 32.2. The molecular formula is C16H22N4OS2. The van der Waals surface area contributed by atoms with E-state index in [1.807, 2.05) is 35.8 Å². The van der Waals surface area contributed by atoms with Gasteiger partial charge in [0.15, 0.2) is 5.96 Å². The molecule has 1 aromatic heterocycles. The Kier molecular flexibility index (Phi) is 7.75. The molecule has 0 aliphatic rings. The molecule has 0 aliphatic carbocycles. The van der Waals surface area contributed by atoms with Crippen molar-refractivity contribution in [1.29, 1.82) is 0 Å². The van der Waals surface area contributed by atoms with Crippen molar-refractivity contribution in [2.75, 3.05) is 26.5 Å². The van der Waals surface area contributed by atoms with Gasteiger partial charge >= 0.3 is 0 Å². The number of methoxy groups -OCH3 is 1. The zero-order valence-corrected chi connectivity index (χ0v) is 15.0. The van der Waals surface area contributed by atoms with Crippen LogP contribution in [0.25, 0.3) is 0 Å². The van der Waals surface area contributed by atoms with Gasteiger partial charge in [-0.25, -0.2) is 4.98 Å². The van der Waals surface area contributed by atoms with Crippen LogP contribution in [0.4, 0.5) is 0 Å². The molecule has 0 saturated heterocycles. The molecular weight excluding hydrogens is 328 g/mol. The number of nitrogens with zero attached hydrogens (tertiary/aromatic N) is 2. The van der Waals surface area contributed by atoms with Gasteiger partial charge in [-0.3, -0.25) is 4.99 Å². The lowest BCUT2D eigenvalue weighted by atomic mass is 10.2. The predicted molar refractivity (Wildman–Crippen MR) is 98.7 cm³/mol. The van der Waals surface area contributed by atoms with Crippen LogP contribution in [0.2, 0.25) is 0 Å². The number of hydrogen-bond acceptors (Lipinski definition) is 5. The van der Waals surface area contributed by atoms with Crippen LogP contribution in [0.3, 0.4) is 0 Å². The van der Waals surface area contributed by atoms with E-state index in [-0.39, 0.29) is 0 Å². The predicted octanol–water partition coefficient (Wildman–Crippen LogP) is 3.00. The summed E-state index contributed by atoms with van der Waals surface area (Å²) in [5.41, 5.74) is 1.19. The number of thiazole rings is 1. The van der Waals surface area contributed by atoms with Gasteiger partial charge in [0.2, 0.25) is 0 Å². The standard InChI is InChI=1S/C16H22N4OS2/c1-17-15(18-8-3-10-22-16-19-9-11-23-16)20-12-13-4-6-14(21-2)7-5-13/h4-7,9,11H,3,8,10,12H2,1-2H3,(H2,17,18,20). The van der Waals surface area contributed by atoms with Gasteiger partial charge in [0.1, 0.15) is 10.1 Å². The van der Waals surface area contributed by atoms with Crippen molar-refractivity contribution in [2.24, 2.45) is 4.99 Å². The normalized spacial score (nSPS) is 11.3. The number of hydrogen-bond donors (Lipinski definition) is 2. The van der Waals surface area contributed by atoms with Crippen molar-refractivity contribution in [1.82, 2.24) is 15.6 Å². The number of guanidine groups is 1. The van der Waals surface area contributed by atoms with E-state index in [1.54, 1.807) is 37.3 Å². The molecule has 0 atom stereocenters. The first kappa shape index (κ1) is 17.6. The van der Waals surface area contributed by atoms with E-state index in [9.17, 15) is 0 Å². The largest absolute Gasteiger partial charge is 0.497 e. The molecule has 0 aliphatic heterocycles. The second kappa shape index (κ2) is 10.1. The Labute approximate surface area is 145 Å². The van der Waals surface area contributed by atoms with Crippen molar-refractivity contribution >= 4 is 29.1 Å². The third-order valence-electron chi connectivity index (χ3n) is 3.09. The number of nitrogens with one attached hydrogen (secondary N) is 2. The smallest absolute Gasteiger partial charge is 0.191 e. The van der Waals surface area contributed by atoms with Crippen molar-refractivity contribution in [3.8, 4) is 5.75 Å². The Morgan fingerprint density at radius 3 is 2.78 bits per heavy atom. The van der Waals surface area contributed by atoms with Crippen LogP contribution in [0.5, 0.6) is 5.75 Å². The lowest BCUT2D eigenvalue weighted by Gasteiger charge is -2.12. The van der Waals surface area contributed by atoms with Crippen LogP contribution in [0.1, 0.15) is 12.0 Å².